The molecule has 2 fully saturated rings. The summed E-state index contributed by atoms with van der Waals surface area (Å²) in [6.07, 6.45) is 2.98. The van der Waals surface area contributed by atoms with E-state index >= 15 is 0 Å². The lowest BCUT2D eigenvalue weighted by Gasteiger charge is -2.22. The van der Waals surface area contributed by atoms with Gasteiger partial charge in [0.15, 0.2) is 0 Å². The van der Waals surface area contributed by atoms with Crippen molar-refractivity contribution in [2.45, 2.75) is 82.7 Å². The summed E-state index contributed by atoms with van der Waals surface area (Å²) in [5.74, 6) is 0.205. The molecule has 0 aromatic heterocycles. The SMILES string of the molecule is CC1CNCC[C@H]2c3cc(S(=O)(=O)c4ccc(F)cc4)ccc3N[C@@H]12.CC1C[C@H]2Nc3ccc(S(=O)(=O)c4ccc(F)cc4)cc3[C@@H]2CCN1. The van der Waals surface area contributed by atoms with Gasteiger partial charge in [0.05, 0.1) is 19.6 Å². The molecule has 2 saturated heterocycles. The molecule has 0 aliphatic carbocycles. The second-order valence-electron chi connectivity index (χ2n) is 13.9. The van der Waals surface area contributed by atoms with Gasteiger partial charge in [0.1, 0.15) is 11.6 Å². The lowest BCUT2D eigenvalue weighted by atomic mass is 9.87. The van der Waals surface area contributed by atoms with Gasteiger partial charge in [-0.2, -0.15) is 0 Å². The van der Waals surface area contributed by atoms with E-state index in [9.17, 15) is 25.6 Å². The fourth-order valence-electron chi connectivity index (χ4n) is 7.90. The van der Waals surface area contributed by atoms with E-state index in [0.29, 0.717) is 35.9 Å². The minimum Gasteiger partial charge on any atom is -0.381 e. The van der Waals surface area contributed by atoms with E-state index in [1.165, 1.54) is 48.5 Å². The maximum absolute atomic E-state index is 13.1. The second kappa shape index (κ2) is 13.7. The molecule has 50 heavy (non-hydrogen) atoms. The van der Waals surface area contributed by atoms with Crippen molar-refractivity contribution in [1.29, 1.82) is 0 Å². The third-order valence-corrected chi connectivity index (χ3v) is 14.1. The van der Waals surface area contributed by atoms with E-state index in [2.05, 4.69) is 35.1 Å². The summed E-state index contributed by atoms with van der Waals surface area (Å²) in [6, 6.07) is 21.7. The van der Waals surface area contributed by atoms with Gasteiger partial charge in [-0.05, 0) is 148 Å². The van der Waals surface area contributed by atoms with Gasteiger partial charge in [0.25, 0.3) is 0 Å². The first-order valence-corrected chi connectivity index (χ1v) is 20.1. The Morgan fingerprint density at radius 3 is 1.70 bits per heavy atom. The molecule has 2 unspecified atom stereocenters. The minimum absolute atomic E-state index is 0.118. The zero-order valence-electron chi connectivity index (χ0n) is 28.0. The smallest absolute Gasteiger partial charge is 0.206 e. The van der Waals surface area contributed by atoms with Crippen molar-refractivity contribution in [3.8, 4) is 0 Å². The van der Waals surface area contributed by atoms with E-state index in [0.717, 1.165) is 61.4 Å². The normalized spacial score (nSPS) is 25.6. The molecule has 4 aromatic rings. The van der Waals surface area contributed by atoms with Crippen LogP contribution in [-0.2, 0) is 19.7 Å². The summed E-state index contributed by atoms with van der Waals surface area (Å²) < 4.78 is 77.7. The lowest BCUT2D eigenvalue weighted by molar-refractivity contribution is 0.454. The number of fused-ring (bicyclic) bond motifs is 6. The van der Waals surface area contributed by atoms with Crippen LogP contribution in [0.5, 0.6) is 0 Å². The molecule has 8 rings (SSSR count). The zero-order valence-corrected chi connectivity index (χ0v) is 29.6. The van der Waals surface area contributed by atoms with Crippen LogP contribution < -0.4 is 21.3 Å². The predicted molar refractivity (Wildman–Crippen MR) is 190 cm³/mol. The highest BCUT2D eigenvalue weighted by atomic mass is 32.2. The van der Waals surface area contributed by atoms with E-state index in [1.54, 1.807) is 24.3 Å². The molecule has 4 aliphatic rings. The van der Waals surface area contributed by atoms with Crippen molar-refractivity contribution in [2.75, 3.05) is 30.3 Å². The van der Waals surface area contributed by atoms with Gasteiger partial charge in [0, 0.05) is 41.3 Å². The molecule has 6 atom stereocenters. The van der Waals surface area contributed by atoms with Gasteiger partial charge in [-0.25, -0.2) is 25.6 Å². The molecule has 4 aromatic carbocycles. The third-order valence-electron chi connectivity index (χ3n) is 10.6. The molecule has 0 radical (unpaired) electrons. The zero-order chi connectivity index (χ0) is 35.2. The number of hydrogen-bond acceptors (Lipinski definition) is 8. The van der Waals surface area contributed by atoms with Crippen LogP contribution in [-0.4, -0.2) is 54.6 Å². The maximum atomic E-state index is 13.1. The van der Waals surface area contributed by atoms with Crippen molar-refractivity contribution in [3.63, 3.8) is 0 Å². The van der Waals surface area contributed by atoms with Crippen LogP contribution >= 0.6 is 0 Å². The largest absolute Gasteiger partial charge is 0.381 e. The Bertz CT molecular complexity index is 2090. The highest BCUT2D eigenvalue weighted by molar-refractivity contribution is 7.91. The van der Waals surface area contributed by atoms with Gasteiger partial charge in [-0.1, -0.05) is 6.92 Å². The van der Waals surface area contributed by atoms with Gasteiger partial charge in [-0.15, -0.1) is 0 Å². The Morgan fingerprint density at radius 1 is 0.620 bits per heavy atom. The molecule has 8 nitrogen and oxygen atoms in total. The molecule has 12 heteroatoms. The number of sulfone groups is 2. The van der Waals surface area contributed by atoms with Crippen LogP contribution in [0.4, 0.5) is 20.2 Å². The van der Waals surface area contributed by atoms with Gasteiger partial charge in [0.2, 0.25) is 19.7 Å². The molecular weight excluding hydrogens is 679 g/mol. The number of rotatable bonds is 4. The number of halogens is 2. The van der Waals surface area contributed by atoms with Crippen molar-refractivity contribution in [2.24, 2.45) is 5.92 Å². The van der Waals surface area contributed by atoms with Crippen molar-refractivity contribution in [1.82, 2.24) is 10.6 Å². The van der Waals surface area contributed by atoms with E-state index < -0.39 is 31.3 Å². The Balaban J connectivity index is 0.000000157. The van der Waals surface area contributed by atoms with Crippen LogP contribution in [0.3, 0.4) is 0 Å². The predicted octanol–water partition coefficient (Wildman–Crippen LogP) is 6.47. The first kappa shape index (κ1) is 34.6. The summed E-state index contributed by atoms with van der Waals surface area (Å²) in [7, 11) is -7.29. The number of hydrogen-bond donors (Lipinski definition) is 4. The highest BCUT2D eigenvalue weighted by Crippen LogP contribution is 2.44. The van der Waals surface area contributed by atoms with E-state index in [4.69, 9.17) is 0 Å². The van der Waals surface area contributed by atoms with Crippen molar-refractivity contribution in [3.05, 3.63) is 108 Å². The van der Waals surface area contributed by atoms with E-state index in [-0.39, 0.29) is 19.6 Å². The molecular formula is C38H42F2N4O4S2. The number of nitrogens with one attached hydrogen (secondary N) is 4. The molecule has 0 saturated carbocycles. The van der Waals surface area contributed by atoms with Gasteiger partial charge >= 0.3 is 0 Å². The summed E-state index contributed by atoms with van der Waals surface area (Å²) in [5, 5.41) is 14.0. The fraction of sp³-hybridized carbons (Fsp3) is 0.368. The third kappa shape index (κ3) is 6.66. The fourth-order valence-corrected chi connectivity index (χ4v) is 10.5. The van der Waals surface area contributed by atoms with Crippen LogP contribution in [0.1, 0.15) is 56.1 Å². The van der Waals surface area contributed by atoms with Crippen LogP contribution in [0.25, 0.3) is 0 Å². The quantitative estimate of drug-likeness (QED) is 0.177. The van der Waals surface area contributed by atoms with Gasteiger partial charge in [-0.3, -0.25) is 0 Å². The molecule has 4 aliphatic heterocycles. The molecule has 4 heterocycles. The summed E-state index contributed by atoms with van der Waals surface area (Å²) in [4.78, 5) is 0.774. The Hall–Kier alpha value is -3.84. The Labute approximate surface area is 292 Å². The molecule has 0 amide bonds. The van der Waals surface area contributed by atoms with Crippen LogP contribution in [0, 0.1) is 17.6 Å². The van der Waals surface area contributed by atoms with Crippen molar-refractivity contribution < 1.29 is 25.6 Å². The van der Waals surface area contributed by atoms with Gasteiger partial charge < -0.3 is 21.3 Å². The van der Waals surface area contributed by atoms with Crippen LogP contribution in [0.2, 0.25) is 0 Å². The topological polar surface area (TPSA) is 116 Å². The summed E-state index contributed by atoms with van der Waals surface area (Å²) in [6.45, 7) is 7.21. The molecule has 0 spiro atoms. The molecule has 264 valence electrons. The first-order chi connectivity index (χ1) is 23.9. The minimum atomic E-state index is -3.65. The average Bonchev–Trinajstić information content (AvgIpc) is 3.49. The van der Waals surface area contributed by atoms with Crippen molar-refractivity contribution >= 4 is 31.0 Å². The lowest BCUT2D eigenvalue weighted by Crippen LogP contribution is -2.31. The Kier molecular flexibility index (Phi) is 9.48. The van der Waals surface area contributed by atoms with E-state index in [1.807, 2.05) is 12.1 Å². The first-order valence-electron chi connectivity index (χ1n) is 17.2. The monoisotopic (exact) mass is 720 g/mol. The average molecular weight is 721 g/mol. The highest BCUT2D eigenvalue weighted by Gasteiger charge is 2.38. The summed E-state index contributed by atoms with van der Waals surface area (Å²) >= 11 is 0. The Morgan fingerprint density at radius 2 is 1.12 bits per heavy atom. The second-order valence-corrected chi connectivity index (χ2v) is 17.8. The molecule has 4 N–H and O–H groups in total. The number of anilines is 2. The standard InChI is InChI=1S/2C19H21FN2O2S/c1-12-11-21-9-8-16-17-10-15(6-7-18(17)22-19(12)16)25(23,24)14-4-2-13(20)3-5-14;1-12-10-19-16(8-9-21-12)17-11-15(6-7-18(17)22-19)25(23,24)14-4-2-13(20)3-5-14/h2-7,10,12,16,19,21-22H,8-9,11H2,1H3;2-7,11-12,16,19,21-22H,8-10H2,1H3/t12?,16-,19-;12?,16-,19+/m00/s1. The summed E-state index contributed by atoms with van der Waals surface area (Å²) in [5.41, 5.74) is 4.21. The maximum Gasteiger partial charge on any atom is 0.206 e. The molecule has 0 bridgehead atoms. The van der Waals surface area contributed by atoms with Crippen LogP contribution in [0.15, 0.2) is 105 Å². The number of benzene rings is 4.